The molecular formula is C23H21F6N2O. The topological polar surface area (TPSA) is 36.4 Å². The van der Waals surface area contributed by atoms with Crippen molar-refractivity contribution in [2.24, 2.45) is 0 Å². The summed E-state index contributed by atoms with van der Waals surface area (Å²) in [6.07, 6.45) is -3.10. The zero-order valence-electron chi connectivity index (χ0n) is 17.0. The molecule has 5 radical (unpaired) electrons. The number of alkyl halides is 6. The second-order valence-corrected chi connectivity index (χ2v) is 8.04. The highest BCUT2D eigenvalue weighted by atomic mass is 19.4. The third kappa shape index (κ3) is 4.73. The minimum atomic E-state index is -4.97. The number of aliphatic hydroxyl groups excluding tert-OH is 1. The van der Waals surface area contributed by atoms with Gasteiger partial charge < -0.3 is 10.0 Å². The highest BCUT2D eigenvalue weighted by Gasteiger charge is 2.41. The van der Waals surface area contributed by atoms with Crippen LogP contribution in [0.2, 0.25) is 0 Å². The molecule has 32 heavy (non-hydrogen) atoms. The number of rotatable bonds is 4. The summed E-state index contributed by atoms with van der Waals surface area (Å²) < 4.78 is 80.9. The first kappa shape index (κ1) is 23.3. The van der Waals surface area contributed by atoms with Crippen molar-refractivity contribution >= 4 is 10.9 Å². The van der Waals surface area contributed by atoms with Gasteiger partial charge >= 0.3 is 12.4 Å². The molecule has 1 saturated carbocycles. The highest BCUT2D eigenvalue weighted by Crippen LogP contribution is 2.46. The lowest BCUT2D eigenvalue weighted by atomic mass is 9.84. The van der Waals surface area contributed by atoms with E-state index in [1.165, 1.54) is 6.07 Å². The van der Waals surface area contributed by atoms with E-state index in [0.717, 1.165) is 44.3 Å². The second kappa shape index (κ2) is 8.82. The Labute approximate surface area is 182 Å². The number of likely N-dealkylation sites (tertiary alicyclic amines) is 1. The first-order valence-corrected chi connectivity index (χ1v) is 10.3. The summed E-state index contributed by atoms with van der Waals surface area (Å²) in [5.74, 6) is 1.12. The van der Waals surface area contributed by atoms with Crippen LogP contribution in [0.25, 0.3) is 10.9 Å². The molecule has 1 saturated heterocycles. The number of hydrogen-bond donors (Lipinski definition) is 1. The van der Waals surface area contributed by atoms with Crippen LogP contribution in [0, 0.1) is 31.1 Å². The van der Waals surface area contributed by atoms with Gasteiger partial charge in [0, 0.05) is 23.8 Å². The van der Waals surface area contributed by atoms with Gasteiger partial charge in [-0.05, 0) is 62.9 Å². The molecular weight excluding hydrogens is 434 g/mol. The average molecular weight is 455 g/mol. The second-order valence-electron chi connectivity index (χ2n) is 8.04. The van der Waals surface area contributed by atoms with Crippen LogP contribution in [0.5, 0.6) is 0 Å². The molecule has 1 aromatic carbocycles. The van der Waals surface area contributed by atoms with E-state index in [1.54, 1.807) is 19.3 Å². The molecule has 0 amide bonds. The zero-order valence-corrected chi connectivity index (χ0v) is 17.0. The van der Waals surface area contributed by atoms with E-state index < -0.39 is 35.2 Å². The predicted octanol–water partition coefficient (Wildman–Crippen LogP) is 5.57. The highest BCUT2D eigenvalue weighted by molar-refractivity contribution is 5.86. The van der Waals surface area contributed by atoms with Crippen molar-refractivity contribution in [2.45, 2.75) is 37.7 Å². The number of fused-ring (bicyclic) bond motifs is 1. The quantitative estimate of drug-likeness (QED) is 0.613. The van der Waals surface area contributed by atoms with Gasteiger partial charge in [0.15, 0.2) is 0 Å². The Balaban J connectivity index is 1.75. The van der Waals surface area contributed by atoms with Crippen molar-refractivity contribution in [1.82, 2.24) is 9.88 Å². The van der Waals surface area contributed by atoms with Gasteiger partial charge in [-0.15, -0.1) is 0 Å². The largest absolute Gasteiger partial charge is 0.433 e. The summed E-state index contributed by atoms with van der Waals surface area (Å²) in [7, 11) is 0. The summed E-state index contributed by atoms with van der Waals surface area (Å²) in [5.41, 5.74) is -3.82. The third-order valence-electron chi connectivity index (χ3n) is 5.84. The van der Waals surface area contributed by atoms with Gasteiger partial charge in [-0.1, -0.05) is 18.6 Å². The van der Waals surface area contributed by atoms with Gasteiger partial charge in [0.1, 0.15) is 5.69 Å². The molecule has 2 heterocycles. The Morgan fingerprint density at radius 1 is 0.969 bits per heavy atom. The van der Waals surface area contributed by atoms with Gasteiger partial charge in [-0.2, -0.15) is 26.3 Å². The fourth-order valence-corrected chi connectivity index (χ4v) is 4.28. The number of para-hydroxylation sites is 1. The van der Waals surface area contributed by atoms with Crippen LogP contribution in [0.4, 0.5) is 26.3 Å². The maximum Gasteiger partial charge on any atom is 0.433 e. The van der Waals surface area contributed by atoms with Crippen LogP contribution in [0.1, 0.15) is 42.2 Å². The normalized spacial score (nSPS) is 20.8. The van der Waals surface area contributed by atoms with Gasteiger partial charge in [-0.25, -0.2) is 4.98 Å². The maximum atomic E-state index is 13.5. The lowest BCUT2D eigenvalue weighted by Gasteiger charge is -2.32. The van der Waals surface area contributed by atoms with Crippen LogP contribution in [-0.2, 0) is 12.4 Å². The molecule has 0 spiro atoms. The van der Waals surface area contributed by atoms with Gasteiger partial charge in [0.2, 0.25) is 0 Å². The molecule has 171 valence electrons. The lowest BCUT2D eigenvalue weighted by Crippen LogP contribution is -2.35. The van der Waals surface area contributed by atoms with E-state index in [0.29, 0.717) is 24.6 Å². The van der Waals surface area contributed by atoms with E-state index in [4.69, 9.17) is 0 Å². The van der Waals surface area contributed by atoms with Crippen molar-refractivity contribution in [3.05, 3.63) is 72.2 Å². The van der Waals surface area contributed by atoms with E-state index in [-0.39, 0.29) is 10.9 Å². The minimum Gasteiger partial charge on any atom is -0.388 e. The molecule has 4 rings (SSSR count). The van der Waals surface area contributed by atoms with Crippen molar-refractivity contribution in [3.63, 3.8) is 0 Å². The summed E-state index contributed by atoms with van der Waals surface area (Å²) in [4.78, 5) is 5.49. The van der Waals surface area contributed by atoms with E-state index in [1.807, 2.05) is 0 Å². The summed E-state index contributed by atoms with van der Waals surface area (Å²) in [5, 5.41) is 10.9. The molecule has 1 N–H and O–H groups in total. The maximum absolute atomic E-state index is 13.5. The first-order valence-electron chi connectivity index (χ1n) is 10.3. The Morgan fingerprint density at radius 2 is 1.69 bits per heavy atom. The van der Waals surface area contributed by atoms with Crippen LogP contribution in [0.3, 0.4) is 0 Å². The fraction of sp³-hybridized carbons (Fsp3) is 0.391. The number of pyridine rings is 1. The number of benzene rings is 1. The van der Waals surface area contributed by atoms with E-state index >= 15 is 0 Å². The Morgan fingerprint density at radius 3 is 2.34 bits per heavy atom. The van der Waals surface area contributed by atoms with E-state index in [9.17, 15) is 31.4 Å². The molecule has 2 aliphatic rings. The molecule has 3 nitrogen and oxygen atoms in total. The van der Waals surface area contributed by atoms with E-state index in [2.05, 4.69) is 9.88 Å². The van der Waals surface area contributed by atoms with Crippen molar-refractivity contribution < 1.29 is 31.4 Å². The molecule has 1 aliphatic carbocycles. The molecule has 0 unspecified atom stereocenters. The predicted molar refractivity (Wildman–Crippen MR) is 106 cm³/mol. The smallest absolute Gasteiger partial charge is 0.388 e. The number of aliphatic hydroxyl groups is 1. The van der Waals surface area contributed by atoms with Gasteiger partial charge in [0.25, 0.3) is 0 Å². The molecule has 2 aromatic rings. The molecule has 1 atom stereocenters. The Hall–Kier alpha value is -1.87. The number of piperidine rings is 1. The van der Waals surface area contributed by atoms with Crippen LogP contribution in [0.15, 0.2) is 24.3 Å². The first-order chi connectivity index (χ1) is 15.1. The summed E-state index contributed by atoms with van der Waals surface area (Å²) in [6.45, 7) is 2.28. The molecule has 0 bridgehead atoms. The van der Waals surface area contributed by atoms with Crippen LogP contribution < -0.4 is 0 Å². The van der Waals surface area contributed by atoms with Crippen molar-refractivity contribution in [3.8, 4) is 0 Å². The standard InChI is InChI=1S/C23H21F6N2O/c24-22(25,26)18-9-5-8-16-17(12-19(23(27,28)29)30-20(16)18)21(32)15-7-4-6-14(15)13-31-10-2-1-3-11-31/h4-9,12,21,32H,1-3,10-11,13H2/t21-/m0/s1. The summed E-state index contributed by atoms with van der Waals surface area (Å²) in [6, 6.07) is 3.69. The van der Waals surface area contributed by atoms with Crippen LogP contribution >= 0.6 is 0 Å². The molecule has 1 aliphatic heterocycles. The lowest BCUT2D eigenvalue weighted by molar-refractivity contribution is -0.142. The molecule has 9 heteroatoms. The summed E-state index contributed by atoms with van der Waals surface area (Å²) >= 11 is 0. The number of aromatic nitrogens is 1. The minimum absolute atomic E-state index is 0.162. The number of hydrogen-bond acceptors (Lipinski definition) is 3. The average Bonchev–Trinajstić information content (AvgIpc) is 3.19. The van der Waals surface area contributed by atoms with Gasteiger partial charge in [-0.3, -0.25) is 0 Å². The monoisotopic (exact) mass is 455 g/mol. The molecule has 1 aromatic heterocycles. The SMILES string of the molecule is O[C@@H]([C]1[CH][CH][CH][C]1CN1CCCCC1)c1cc(C(F)(F)F)nc2c(C(F)(F)F)cccc12. The Bertz CT molecular complexity index is 952. The third-order valence-corrected chi connectivity index (χ3v) is 5.84. The molecule has 2 fully saturated rings. The number of nitrogens with zero attached hydrogens (tertiary/aromatic N) is 2. The van der Waals surface area contributed by atoms with Crippen molar-refractivity contribution in [2.75, 3.05) is 19.6 Å². The Kier molecular flexibility index (Phi) is 6.42. The van der Waals surface area contributed by atoms with Crippen molar-refractivity contribution in [1.29, 1.82) is 0 Å². The zero-order chi connectivity index (χ0) is 23.1. The number of halogens is 6. The van der Waals surface area contributed by atoms with Crippen LogP contribution in [-0.4, -0.2) is 34.6 Å². The fourth-order valence-electron chi connectivity index (χ4n) is 4.28. The van der Waals surface area contributed by atoms with Gasteiger partial charge in [0.05, 0.1) is 17.2 Å².